The van der Waals surface area contributed by atoms with Crippen molar-refractivity contribution < 1.29 is 9.53 Å². The lowest BCUT2D eigenvalue weighted by atomic mass is 10.1. The van der Waals surface area contributed by atoms with E-state index in [2.05, 4.69) is 5.10 Å². The number of methoxy groups -OCH3 is 1. The van der Waals surface area contributed by atoms with E-state index in [9.17, 15) is 4.79 Å². The Hall–Kier alpha value is -2.01. The third-order valence-electron chi connectivity index (χ3n) is 2.91. The molecule has 106 valence electrons. The smallest absolute Gasteiger partial charge is 0.257 e. The third-order valence-corrected chi connectivity index (χ3v) is 3.14. The average molecular weight is 294 g/mol. The summed E-state index contributed by atoms with van der Waals surface area (Å²) in [5.41, 5.74) is 1.27. The first-order chi connectivity index (χ1) is 9.51. The minimum atomic E-state index is -0.157. The van der Waals surface area contributed by atoms with E-state index in [1.54, 1.807) is 34.8 Å². The molecule has 1 aromatic heterocycles. The highest BCUT2D eigenvalue weighted by Crippen LogP contribution is 2.24. The topological polar surface area (TPSA) is 47.4 Å². The van der Waals surface area contributed by atoms with Crippen LogP contribution in [0.3, 0.4) is 0 Å². The molecule has 1 amide bonds. The van der Waals surface area contributed by atoms with Crippen LogP contribution in [0.25, 0.3) is 0 Å². The van der Waals surface area contributed by atoms with E-state index in [1.807, 2.05) is 19.3 Å². The highest BCUT2D eigenvalue weighted by atomic mass is 35.5. The predicted octanol–water partition coefficient (Wildman–Crippen LogP) is 2.35. The summed E-state index contributed by atoms with van der Waals surface area (Å²) in [4.78, 5) is 14.0. The van der Waals surface area contributed by atoms with Crippen LogP contribution in [-0.2, 0) is 13.6 Å². The Morgan fingerprint density at radius 3 is 2.80 bits per heavy atom. The zero-order valence-corrected chi connectivity index (χ0v) is 12.4. The number of carbonyl (C=O) groups is 1. The van der Waals surface area contributed by atoms with E-state index in [-0.39, 0.29) is 5.91 Å². The molecule has 0 fully saturated rings. The molecule has 0 saturated carbocycles. The van der Waals surface area contributed by atoms with Crippen molar-refractivity contribution in [2.45, 2.75) is 6.54 Å². The van der Waals surface area contributed by atoms with Gasteiger partial charge in [-0.25, -0.2) is 0 Å². The third kappa shape index (κ3) is 3.11. The number of ether oxygens (including phenoxy) is 1. The summed E-state index contributed by atoms with van der Waals surface area (Å²) >= 11 is 5.94. The van der Waals surface area contributed by atoms with E-state index in [1.165, 1.54) is 7.11 Å². The Balaban J connectivity index is 2.20. The molecule has 1 heterocycles. The van der Waals surface area contributed by atoms with Gasteiger partial charge in [0, 0.05) is 25.3 Å². The second kappa shape index (κ2) is 5.96. The summed E-state index contributed by atoms with van der Waals surface area (Å²) in [5.74, 6) is 0.349. The molecule has 0 aliphatic heterocycles. The number of nitrogens with zero attached hydrogens (tertiary/aromatic N) is 3. The molecule has 0 spiro atoms. The molecular formula is C14H16ClN3O2. The van der Waals surface area contributed by atoms with Gasteiger partial charge in [-0.1, -0.05) is 11.6 Å². The molecule has 1 aromatic carbocycles. The fraction of sp³-hybridized carbons (Fsp3) is 0.286. The molecule has 0 unspecified atom stereocenters. The highest BCUT2D eigenvalue weighted by molar-refractivity contribution is 6.31. The van der Waals surface area contributed by atoms with E-state index < -0.39 is 0 Å². The zero-order valence-electron chi connectivity index (χ0n) is 11.6. The van der Waals surface area contributed by atoms with Crippen molar-refractivity contribution >= 4 is 17.5 Å². The Labute approximate surface area is 122 Å². The van der Waals surface area contributed by atoms with Gasteiger partial charge in [0.2, 0.25) is 0 Å². The molecular weight excluding hydrogens is 278 g/mol. The summed E-state index contributed by atoms with van der Waals surface area (Å²) in [6, 6.07) is 6.86. The number of aryl methyl sites for hydroxylation is 1. The van der Waals surface area contributed by atoms with Crippen LogP contribution in [0, 0.1) is 0 Å². The first-order valence-electron chi connectivity index (χ1n) is 6.09. The maximum absolute atomic E-state index is 12.4. The highest BCUT2D eigenvalue weighted by Gasteiger charge is 2.18. The second-order valence-corrected chi connectivity index (χ2v) is 4.92. The standard InChI is InChI=1S/C14H16ClN3O2/c1-17(9-11-6-7-18(2)16-11)14(19)12-8-10(15)4-5-13(12)20-3/h4-8H,9H2,1-3H3. The molecule has 5 nitrogen and oxygen atoms in total. The predicted molar refractivity (Wildman–Crippen MR) is 77.0 cm³/mol. The largest absolute Gasteiger partial charge is 0.496 e. The number of amides is 1. The van der Waals surface area contributed by atoms with E-state index in [0.29, 0.717) is 22.9 Å². The van der Waals surface area contributed by atoms with Gasteiger partial charge in [0.15, 0.2) is 0 Å². The summed E-state index contributed by atoms with van der Waals surface area (Å²) in [7, 11) is 5.08. The molecule has 20 heavy (non-hydrogen) atoms. The number of hydrogen-bond donors (Lipinski definition) is 0. The zero-order chi connectivity index (χ0) is 14.7. The maximum atomic E-state index is 12.4. The first kappa shape index (κ1) is 14.4. The first-order valence-corrected chi connectivity index (χ1v) is 6.46. The average Bonchev–Trinajstić information content (AvgIpc) is 2.83. The fourth-order valence-electron chi connectivity index (χ4n) is 1.92. The molecule has 0 aliphatic rings. The summed E-state index contributed by atoms with van der Waals surface area (Å²) < 4.78 is 6.90. The second-order valence-electron chi connectivity index (χ2n) is 4.49. The van der Waals surface area contributed by atoms with Gasteiger partial charge in [0.25, 0.3) is 5.91 Å². The van der Waals surface area contributed by atoms with Crippen LogP contribution in [-0.4, -0.2) is 34.7 Å². The van der Waals surface area contributed by atoms with Crippen LogP contribution >= 0.6 is 11.6 Å². The Bertz CT molecular complexity index is 625. The molecule has 6 heteroatoms. The number of rotatable bonds is 4. The molecule has 0 radical (unpaired) electrons. The number of carbonyl (C=O) groups excluding carboxylic acids is 1. The molecule has 0 saturated heterocycles. The molecule has 2 aromatic rings. The van der Waals surface area contributed by atoms with Gasteiger partial charge in [0.1, 0.15) is 5.75 Å². The lowest BCUT2D eigenvalue weighted by molar-refractivity contribution is 0.0780. The molecule has 0 N–H and O–H groups in total. The number of halogens is 1. The van der Waals surface area contributed by atoms with Gasteiger partial charge in [-0.05, 0) is 24.3 Å². The van der Waals surface area contributed by atoms with Crippen LogP contribution in [0.5, 0.6) is 5.75 Å². The quantitative estimate of drug-likeness (QED) is 0.869. The van der Waals surface area contributed by atoms with Crippen molar-refractivity contribution in [3.63, 3.8) is 0 Å². The Morgan fingerprint density at radius 2 is 2.20 bits per heavy atom. The monoisotopic (exact) mass is 293 g/mol. The Kier molecular flexibility index (Phi) is 4.29. The minimum Gasteiger partial charge on any atom is -0.496 e. The molecule has 0 atom stereocenters. The van der Waals surface area contributed by atoms with Crippen molar-refractivity contribution in [3.8, 4) is 5.75 Å². The minimum absolute atomic E-state index is 0.157. The number of hydrogen-bond acceptors (Lipinski definition) is 3. The van der Waals surface area contributed by atoms with E-state index in [0.717, 1.165) is 5.69 Å². The molecule has 2 rings (SSSR count). The van der Waals surface area contributed by atoms with Crippen molar-refractivity contribution in [1.29, 1.82) is 0 Å². The van der Waals surface area contributed by atoms with Crippen molar-refractivity contribution in [2.24, 2.45) is 7.05 Å². The maximum Gasteiger partial charge on any atom is 0.257 e. The van der Waals surface area contributed by atoms with E-state index >= 15 is 0 Å². The number of aromatic nitrogens is 2. The van der Waals surface area contributed by atoms with Gasteiger partial charge >= 0.3 is 0 Å². The van der Waals surface area contributed by atoms with Gasteiger partial charge < -0.3 is 9.64 Å². The summed E-state index contributed by atoms with van der Waals surface area (Å²) in [6.45, 7) is 0.426. The van der Waals surface area contributed by atoms with Crippen LogP contribution in [0.15, 0.2) is 30.5 Å². The van der Waals surface area contributed by atoms with Crippen LogP contribution in [0.1, 0.15) is 16.1 Å². The normalized spacial score (nSPS) is 10.4. The van der Waals surface area contributed by atoms with Gasteiger partial charge in [-0.15, -0.1) is 0 Å². The molecule has 0 bridgehead atoms. The van der Waals surface area contributed by atoms with E-state index in [4.69, 9.17) is 16.3 Å². The van der Waals surface area contributed by atoms with Crippen LogP contribution in [0.2, 0.25) is 5.02 Å². The van der Waals surface area contributed by atoms with Gasteiger partial charge in [-0.3, -0.25) is 9.48 Å². The lowest BCUT2D eigenvalue weighted by Crippen LogP contribution is -2.26. The molecule has 0 aliphatic carbocycles. The van der Waals surface area contributed by atoms with Gasteiger partial charge in [-0.2, -0.15) is 5.10 Å². The fourth-order valence-corrected chi connectivity index (χ4v) is 2.09. The summed E-state index contributed by atoms with van der Waals surface area (Å²) in [6.07, 6.45) is 1.84. The SMILES string of the molecule is COc1ccc(Cl)cc1C(=O)N(C)Cc1ccn(C)n1. The number of benzene rings is 1. The van der Waals surface area contributed by atoms with Crippen molar-refractivity contribution in [1.82, 2.24) is 14.7 Å². The van der Waals surface area contributed by atoms with Crippen molar-refractivity contribution in [3.05, 3.63) is 46.7 Å². The van der Waals surface area contributed by atoms with Crippen LogP contribution in [0.4, 0.5) is 0 Å². The Morgan fingerprint density at radius 1 is 1.45 bits per heavy atom. The van der Waals surface area contributed by atoms with Crippen molar-refractivity contribution in [2.75, 3.05) is 14.2 Å². The lowest BCUT2D eigenvalue weighted by Gasteiger charge is -2.17. The summed E-state index contributed by atoms with van der Waals surface area (Å²) in [5, 5.41) is 4.75. The van der Waals surface area contributed by atoms with Gasteiger partial charge in [0.05, 0.1) is 24.9 Å². The van der Waals surface area contributed by atoms with Crippen LogP contribution < -0.4 is 4.74 Å².